The SMILES string of the molecule is CC1(C)Cc2c(sc(NC(=O)C3CC3)c2C(N)=O)C(C)(C)[NH2+]1. The molecule has 120 valence electrons. The van der Waals surface area contributed by atoms with Gasteiger partial charge < -0.3 is 16.4 Å². The summed E-state index contributed by atoms with van der Waals surface area (Å²) in [6.45, 7) is 8.65. The number of carbonyl (C=O) groups is 2. The van der Waals surface area contributed by atoms with E-state index in [4.69, 9.17) is 5.73 Å². The average Bonchev–Trinajstić information content (AvgIpc) is 3.10. The van der Waals surface area contributed by atoms with Crippen LogP contribution >= 0.6 is 11.3 Å². The Bertz CT molecular complexity index is 657. The van der Waals surface area contributed by atoms with Crippen molar-refractivity contribution in [3.8, 4) is 0 Å². The highest BCUT2D eigenvalue weighted by Gasteiger charge is 2.45. The summed E-state index contributed by atoms with van der Waals surface area (Å²) in [4.78, 5) is 25.2. The minimum atomic E-state index is -0.447. The second-order valence-corrected chi connectivity index (χ2v) is 8.79. The van der Waals surface area contributed by atoms with E-state index >= 15 is 0 Å². The van der Waals surface area contributed by atoms with Gasteiger partial charge in [-0.25, -0.2) is 0 Å². The highest BCUT2D eigenvalue weighted by Crippen LogP contribution is 2.42. The van der Waals surface area contributed by atoms with E-state index in [1.807, 2.05) is 0 Å². The number of hydrogen-bond donors (Lipinski definition) is 3. The average molecular weight is 322 g/mol. The first-order chi connectivity index (χ1) is 10.1. The first kappa shape index (κ1) is 15.5. The number of hydrogen-bond acceptors (Lipinski definition) is 3. The van der Waals surface area contributed by atoms with Crippen LogP contribution < -0.4 is 16.4 Å². The fraction of sp³-hybridized carbons (Fsp3) is 0.625. The number of amides is 2. The van der Waals surface area contributed by atoms with Crippen molar-refractivity contribution in [1.82, 2.24) is 0 Å². The van der Waals surface area contributed by atoms with E-state index in [1.54, 1.807) is 0 Å². The highest BCUT2D eigenvalue weighted by molar-refractivity contribution is 7.17. The molecule has 5 nitrogen and oxygen atoms in total. The molecule has 2 heterocycles. The molecular formula is C16H24N3O2S+. The third-order valence-electron chi connectivity index (χ3n) is 4.41. The minimum Gasteiger partial charge on any atom is -0.365 e. The third kappa shape index (κ3) is 2.65. The molecule has 2 aliphatic rings. The van der Waals surface area contributed by atoms with Crippen LogP contribution in [-0.2, 0) is 16.8 Å². The lowest BCUT2D eigenvalue weighted by Crippen LogP contribution is -3.03. The van der Waals surface area contributed by atoms with E-state index in [1.165, 1.54) is 11.3 Å². The summed E-state index contributed by atoms with van der Waals surface area (Å²) in [6.07, 6.45) is 2.66. The molecule has 0 aromatic carbocycles. The molecule has 5 N–H and O–H groups in total. The molecule has 0 saturated heterocycles. The number of quaternary nitrogens is 1. The molecule has 2 amide bonds. The van der Waals surface area contributed by atoms with Crippen LogP contribution in [0.25, 0.3) is 0 Å². The van der Waals surface area contributed by atoms with Crippen LogP contribution in [0.5, 0.6) is 0 Å². The summed E-state index contributed by atoms with van der Waals surface area (Å²) < 4.78 is 0. The zero-order valence-electron chi connectivity index (χ0n) is 13.6. The van der Waals surface area contributed by atoms with Crippen LogP contribution in [0.2, 0.25) is 0 Å². The van der Waals surface area contributed by atoms with Crippen LogP contribution in [0.1, 0.15) is 61.3 Å². The topological polar surface area (TPSA) is 88.8 Å². The van der Waals surface area contributed by atoms with Gasteiger partial charge in [0.25, 0.3) is 5.91 Å². The maximum Gasteiger partial charge on any atom is 0.252 e. The lowest BCUT2D eigenvalue weighted by atomic mass is 9.81. The summed E-state index contributed by atoms with van der Waals surface area (Å²) >= 11 is 1.51. The highest BCUT2D eigenvalue weighted by atomic mass is 32.1. The Kier molecular flexibility index (Phi) is 3.38. The van der Waals surface area contributed by atoms with Gasteiger partial charge in [-0.2, -0.15) is 0 Å². The number of primary amides is 1. The van der Waals surface area contributed by atoms with Gasteiger partial charge in [-0.15, -0.1) is 11.3 Å². The molecule has 3 rings (SSSR count). The molecule has 6 heteroatoms. The molecule has 1 aromatic rings. The monoisotopic (exact) mass is 322 g/mol. The van der Waals surface area contributed by atoms with E-state index in [0.717, 1.165) is 29.7 Å². The molecule has 22 heavy (non-hydrogen) atoms. The second-order valence-electron chi connectivity index (χ2n) is 7.77. The van der Waals surface area contributed by atoms with Crippen molar-refractivity contribution in [2.45, 2.75) is 58.0 Å². The molecular weight excluding hydrogens is 298 g/mol. The van der Waals surface area contributed by atoms with Gasteiger partial charge >= 0.3 is 0 Å². The zero-order chi connectivity index (χ0) is 16.3. The Morgan fingerprint density at radius 3 is 2.45 bits per heavy atom. The maximum atomic E-state index is 12.1. The number of anilines is 1. The number of carbonyl (C=O) groups excluding carboxylic acids is 2. The predicted octanol–water partition coefficient (Wildman–Crippen LogP) is 1.33. The standard InChI is InChI=1S/C16H23N3O2S/c1-15(2)7-9-10(12(17)20)14(18-13(21)8-5-6-8)22-11(9)16(3,4)19-15/h8,19H,5-7H2,1-4H3,(H2,17,20)(H,18,21)/p+1. The van der Waals surface area contributed by atoms with Gasteiger partial charge in [-0.3, -0.25) is 9.59 Å². The van der Waals surface area contributed by atoms with Gasteiger partial charge in [-0.05, 0) is 46.1 Å². The van der Waals surface area contributed by atoms with Crippen LogP contribution in [0.3, 0.4) is 0 Å². The Balaban J connectivity index is 2.07. The van der Waals surface area contributed by atoms with Crippen LogP contribution in [0.4, 0.5) is 5.00 Å². The van der Waals surface area contributed by atoms with Crippen molar-refractivity contribution in [2.75, 3.05) is 5.32 Å². The molecule has 1 aromatic heterocycles. The molecule has 1 fully saturated rings. The summed E-state index contributed by atoms with van der Waals surface area (Å²) in [5.74, 6) is -0.324. The summed E-state index contributed by atoms with van der Waals surface area (Å²) in [6, 6.07) is 0. The fourth-order valence-electron chi connectivity index (χ4n) is 3.61. The molecule has 1 aliphatic heterocycles. The van der Waals surface area contributed by atoms with Gasteiger partial charge in [0.2, 0.25) is 5.91 Å². The number of nitrogens with two attached hydrogens (primary N) is 2. The Labute approximate surface area is 134 Å². The lowest BCUT2D eigenvalue weighted by Gasteiger charge is -2.38. The molecule has 0 unspecified atom stereocenters. The second kappa shape index (κ2) is 4.80. The van der Waals surface area contributed by atoms with E-state index in [-0.39, 0.29) is 22.9 Å². The van der Waals surface area contributed by atoms with Gasteiger partial charge in [0.1, 0.15) is 10.5 Å². The molecule has 0 spiro atoms. The largest absolute Gasteiger partial charge is 0.365 e. The quantitative estimate of drug-likeness (QED) is 0.784. The number of thiophene rings is 1. The van der Waals surface area contributed by atoms with Gasteiger partial charge in [0.15, 0.2) is 0 Å². The van der Waals surface area contributed by atoms with Gasteiger partial charge in [-0.1, -0.05) is 0 Å². The molecule has 0 atom stereocenters. The number of rotatable bonds is 3. The normalized spacial score (nSPS) is 22.0. The minimum absolute atomic E-state index is 0.000452. The molecule has 1 saturated carbocycles. The summed E-state index contributed by atoms with van der Waals surface area (Å²) in [5, 5.41) is 5.90. The van der Waals surface area contributed by atoms with Crippen LogP contribution in [-0.4, -0.2) is 17.4 Å². The number of nitrogens with one attached hydrogen (secondary N) is 1. The first-order valence-electron chi connectivity index (χ1n) is 7.74. The fourth-order valence-corrected chi connectivity index (χ4v) is 4.91. The van der Waals surface area contributed by atoms with Crippen molar-refractivity contribution in [2.24, 2.45) is 11.7 Å². The van der Waals surface area contributed by atoms with E-state index < -0.39 is 5.91 Å². The Morgan fingerprint density at radius 1 is 1.27 bits per heavy atom. The van der Waals surface area contributed by atoms with Crippen LogP contribution in [0, 0.1) is 5.92 Å². The van der Waals surface area contributed by atoms with Gasteiger partial charge in [0, 0.05) is 12.3 Å². The number of fused-ring (bicyclic) bond motifs is 1. The summed E-state index contributed by atoms with van der Waals surface area (Å²) in [5.41, 5.74) is 7.03. The van der Waals surface area contributed by atoms with E-state index in [9.17, 15) is 9.59 Å². The Hall–Kier alpha value is -1.40. The zero-order valence-corrected chi connectivity index (χ0v) is 14.4. The Morgan fingerprint density at radius 2 is 1.91 bits per heavy atom. The van der Waals surface area contributed by atoms with Gasteiger partial charge in [0.05, 0.1) is 16.0 Å². The van der Waals surface area contributed by atoms with E-state index in [0.29, 0.717) is 10.6 Å². The summed E-state index contributed by atoms with van der Waals surface area (Å²) in [7, 11) is 0. The maximum absolute atomic E-state index is 12.1. The smallest absolute Gasteiger partial charge is 0.252 e. The van der Waals surface area contributed by atoms with Crippen molar-refractivity contribution in [3.05, 3.63) is 16.0 Å². The predicted molar refractivity (Wildman–Crippen MR) is 86.9 cm³/mol. The molecule has 0 radical (unpaired) electrons. The van der Waals surface area contributed by atoms with Crippen molar-refractivity contribution in [1.29, 1.82) is 0 Å². The van der Waals surface area contributed by atoms with E-state index in [2.05, 4.69) is 38.3 Å². The van der Waals surface area contributed by atoms with Crippen molar-refractivity contribution < 1.29 is 14.9 Å². The lowest BCUT2D eigenvalue weighted by molar-refractivity contribution is -0.789. The molecule has 0 bridgehead atoms. The molecule has 1 aliphatic carbocycles. The van der Waals surface area contributed by atoms with Crippen molar-refractivity contribution >= 4 is 28.2 Å². The third-order valence-corrected chi connectivity index (χ3v) is 5.89. The van der Waals surface area contributed by atoms with Crippen molar-refractivity contribution in [3.63, 3.8) is 0 Å². The first-order valence-corrected chi connectivity index (χ1v) is 8.56. The van der Waals surface area contributed by atoms with Crippen LogP contribution in [0.15, 0.2) is 0 Å².